The lowest BCUT2D eigenvalue weighted by atomic mass is 10.1. The van der Waals surface area contributed by atoms with Gasteiger partial charge < -0.3 is 5.32 Å². The lowest BCUT2D eigenvalue weighted by molar-refractivity contribution is 0.298. The molecular weight excluding hydrogens is 310 g/mol. The van der Waals surface area contributed by atoms with Gasteiger partial charge >= 0.3 is 0 Å². The zero-order valence-electron chi connectivity index (χ0n) is 11.0. The Morgan fingerprint density at radius 2 is 1.65 bits per heavy atom. The predicted molar refractivity (Wildman–Crippen MR) is 74.4 cm³/mol. The van der Waals surface area contributed by atoms with Gasteiger partial charge in [0.25, 0.3) is 0 Å². The van der Waals surface area contributed by atoms with Gasteiger partial charge in [0.05, 0.1) is 4.90 Å². The van der Waals surface area contributed by atoms with Gasteiger partial charge in [-0.2, -0.15) is 4.31 Å². The van der Waals surface area contributed by atoms with Crippen molar-refractivity contribution in [3.05, 3.63) is 29.8 Å². The molecule has 1 heterocycles. The molecule has 0 atom stereocenters. The Hall–Kier alpha value is -0.760. The van der Waals surface area contributed by atoms with Crippen molar-refractivity contribution in [1.82, 2.24) is 9.62 Å². The van der Waals surface area contributed by atoms with E-state index in [-0.39, 0.29) is 23.3 Å². The molecule has 8 heteroatoms. The molecule has 114 valence electrons. The maximum atomic E-state index is 13.1. The number of hydrogen-bond acceptors (Lipinski definition) is 3. The Bertz CT molecular complexity index is 540. The minimum atomic E-state index is -3.81. The van der Waals surface area contributed by atoms with Gasteiger partial charge in [-0.1, -0.05) is 0 Å². The quantitative estimate of drug-likeness (QED) is 0.921. The van der Waals surface area contributed by atoms with Crippen molar-refractivity contribution >= 4 is 22.4 Å². The van der Waals surface area contributed by atoms with Crippen LogP contribution in [-0.2, 0) is 10.0 Å². The largest absolute Gasteiger partial charge is 0.317 e. The zero-order chi connectivity index (χ0) is 14.0. The summed E-state index contributed by atoms with van der Waals surface area (Å²) in [5, 5.41) is 3.09. The maximum absolute atomic E-state index is 13.1. The van der Waals surface area contributed by atoms with Crippen LogP contribution in [0.2, 0.25) is 0 Å². The van der Waals surface area contributed by atoms with Crippen LogP contribution in [0.3, 0.4) is 0 Å². The standard InChI is InChI=1S/C12H16F2N2O2S.ClH/c1-15-11-2-4-16(5-3-11)19(17,18)12-7-9(13)6-10(14)8-12;/h6-8,11,15H,2-5H2,1H3;1H. The van der Waals surface area contributed by atoms with E-state index in [1.165, 1.54) is 4.31 Å². The first kappa shape index (κ1) is 17.3. The van der Waals surface area contributed by atoms with Crippen LogP contribution >= 0.6 is 12.4 Å². The minimum Gasteiger partial charge on any atom is -0.317 e. The molecular formula is C12H17ClF2N2O2S. The summed E-state index contributed by atoms with van der Waals surface area (Å²) >= 11 is 0. The van der Waals surface area contributed by atoms with Crippen LogP contribution in [-0.4, -0.2) is 38.9 Å². The Labute approximate surface area is 123 Å². The molecule has 1 aliphatic rings. The van der Waals surface area contributed by atoms with Crippen molar-refractivity contribution in [3.8, 4) is 0 Å². The summed E-state index contributed by atoms with van der Waals surface area (Å²) in [7, 11) is -1.98. The van der Waals surface area contributed by atoms with Crippen molar-refractivity contribution in [1.29, 1.82) is 0 Å². The summed E-state index contributed by atoms with van der Waals surface area (Å²) < 4.78 is 52.0. The van der Waals surface area contributed by atoms with Crippen LogP contribution in [0.25, 0.3) is 0 Å². The van der Waals surface area contributed by atoms with E-state index in [1.54, 1.807) is 0 Å². The molecule has 1 aromatic rings. The van der Waals surface area contributed by atoms with Gasteiger partial charge in [0, 0.05) is 25.2 Å². The third-order valence-corrected chi connectivity index (χ3v) is 5.21. The fourth-order valence-electron chi connectivity index (χ4n) is 2.21. The van der Waals surface area contributed by atoms with Crippen molar-refractivity contribution < 1.29 is 17.2 Å². The van der Waals surface area contributed by atoms with Crippen molar-refractivity contribution in [2.24, 2.45) is 0 Å². The van der Waals surface area contributed by atoms with Crippen molar-refractivity contribution in [2.75, 3.05) is 20.1 Å². The third kappa shape index (κ3) is 3.66. The monoisotopic (exact) mass is 326 g/mol. The number of benzene rings is 1. The fourth-order valence-corrected chi connectivity index (χ4v) is 3.72. The van der Waals surface area contributed by atoms with Crippen LogP contribution < -0.4 is 5.32 Å². The molecule has 1 saturated heterocycles. The fraction of sp³-hybridized carbons (Fsp3) is 0.500. The van der Waals surface area contributed by atoms with E-state index in [4.69, 9.17) is 0 Å². The normalized spacial score (nSPS) is 17.8. The average molecular weight is 327 g/mol. The lowest BCUT2D eigenvalue weighted by Gasteiger charge is -2.30. The molecule has 0 spiro atoms. The highest BCUT2D eigenvalue weighted by atomic mass is 35.5. The Kier molecular flexibility index (Phi) is 5.88. The number of nitrogens with one attached hydrogen (secondary N) is 1. The van der Waals surface area contributed by atoms with Gasteiger partial charge in [-0.3, -0.25) is 0 Å². The number of hydrogen-bond donors (Lipinski definition) is 1. The highest BCUT2D eigenvalue weighted by Gasteiger charge is 2.29. The minimum absolute atomic E-state index is 0. The summed E-state index contributed by atoms with van der Waals surface area (Å²) in [6.07, 6.45) is 1.38. The van der Waals surface area contributed by atoms with Crippen molar-refractivity contribution in [2.45, 2.75) is 23.8 Å². The molecule has 0 radical (unpaired) electrons. The van der Waals surface area contributed by atoms with E-state index in [2.05, 4.69) is 5.32 Å². The summed E-state index contributed by atoms with van der Waals surface area (Å²) in [4.78, 5) is -0.326. The smallest absolute Gasteiger partial charge is 0.243 e. The molecule has 0 bridgehead atoms. The first-order valence-corrected chi connectivity index (χ1v) is 7.51. The molecule has 1 fully saturated rings. The molecule has 0 amide bonds. The number of rotatable bonds is 3. The maximum Gasteiger partial charge on any atom is 0.243 e. The van der Waals surface area contributed by atoms with E-state index in [9.17, 15) is 17.2 Å². The Balaban J connectivity index is 0.00000200. The van der Waals surface area contributed by atoms with Gasteiger partial charge in [0.1, 0.15) is 11.6 Å². The van der Waals surface area contributed by atoms with E-state index < -0.39 is 21.7 Å². The number of piperidine rings is 1. The van der Waals surface area contributed by atoms with Crippen LogP contribution in [0.1, 0.15) is 12.8 Å². The first-order valence-electron chi connectivity index (χ1n) is 6.07. The van der Waals surface area contributed by atoms with Gasteiger partial charge in [0.15, 0.2) is 0 Å². The summed E-state index contributed by atoms with van der Waals surface area (Å²) in [6, 6.07) is 2.65. The highest BCUT2D eigenvalue weighted by molar-refractivity contribution is 7.89. The van der Waals surface area contributed by atoms with E-state index in [0.29, 0.717) is 32.0 Å². The third-order valence-electron chi connectivity index (χ3n) is 3.34. The second-order valence-electron chi connectivity index (χ2n) is 4.57. The first-order chi connectivity index (χ1) is 8.93. The summed E-state index contributed by atoms with van der Waals surface area (Å²) in [5.41, 5.74) is 0. The highest BCUT2D eigenvalue weighted by Crippen LogP contribution is 2.22. The van der Waals surface area contributed by atoms with Crippen LogP contribution in [0.5, 0.6) is 0 Å². The molecule has 0 aromatic heterocycles. The topological polar surface area (TPSA) is 49.4 Å². The molecule has 20 heavy (non-hydrogen) atoms. The van der Waals surface area contributed by atoms with E-state index >= 15 is 0 Å². The second kappa shape index (κ2) is 6.80. The van der Waals surface area contributed by atoms with Crippen LogP contribution in [0.4, 0.5) is 8.78 Å². The lowest BCUT2D eigenvalue weighted by Crippen LogP contribution is -2.43. The molecule has 4 nitrogen and oxygen atoms in total. The van der Waals surface area contributed by atoms with E-state index in [0.717, 1.165) is 12.1 Å². The summed E-state index contributed by atoms with van der Waals surface area (Å²) in [6.45, 7) is 0.706. The Morgan fingerprint density at radius 1 is 1.15 bits per heavy atom. The Morgan fingerprint density at radius 3 is 2.10 bits per heavy atom. The molecule has 1 aliphatic heterocycles. The van der Waals surface area contributed by atoms with Gasteiger partial charge in [-0.25, -0.2) is 17.2 Å². The molecule has 0 saturated carbocycles. The van der Waals surface area contributed by atoms with Crippen molar-refractivity contribution in [3.63, 3.8) is 0 Å². The van der Waals surface area contributed by atoms with Gasteiger partial charge in [0.2, 0.25) is 10.0 Å². The van der Waals surface area contributed by atoms with Crippen LogP contribution in [0.15, 0.2) is 23.1 Å². The number of halogens is 3. The SMILES string of the molecule is CNC1CCN(S(=O)(=O)c2cc(F)cc(F)c2)CC1.Cl. The summed E-state index contributed by atoms with van der Waals surface area (Å²) in [5.74, 6) is -1.77. The van der Waals surface area contributed by atoms with E-state index in [1.807, 2.05) is 7.05 Å². The number of sulfonamides is 1. The predicted octanol–water partition coefficient (Wildman–Crippen LogP) is 1.76. The average Bonchev–Trinajstić information content (AvgIpc) is 2.37. The molecule has 2 rings (SSSR count). The molecule has 0 aliphatic carbocycles. The molecule has 1 aromatic carbocycles. The second-order valence-corrected chi connectivity index (χ2v) is 6.51. The number of nitrogens with zero attached hydrogens (tertiary/aromatic N) is 1. The van der Waals surface area contributed by atoms with Crippen LogP contribution in [0, 0.1) is 11.6 Å². The zero-order valence-corrected chi connectivity index (χ0v) is 12.6. The van der Waals surface area contributed by atoms with Gasteiger partial charge in [-0.15, -0.1) is 12.4 Å². The molecule has 1 N–H and O–H groups in total. The van der Waals surface area contributed by atoms with Gasteiger partial charge in [-0.05, 0) is 32.0 Å². The molecule has 0 unspecified atom stereocenters.